The molecule has 0 bridgehead atoms. The van der Waals surface area contributed by atoms with Crippen LogP contribution in [0, 0.1) is 20.8 Å². The number of benzene rings is 2. The van der Waals surface area contributed by atoms with Crippen molar-refractivity contribution in [2.24, 2.45) is 0 Å². The molecule has 1 aliphatic rings. The van der Waals surface area contributed by atoms with Gasteiger partial charge in [-0.1, -0.05) is 42.0 Å². The number of nitrogens with zero attached hydrogens (tertiary/aromatic N) is 1. The Morgan fingerprint density at radius 1 is 0.920 bits per heavy atom. The maximum absolute atomic E-state index is 12.8. The third-order valence-electron chi connectivity index (χ3n) is 4.69. The molecule has 0 saturated carbocycles. The van der Waals surface area contributed by atoms with Crippen molar-refractivity contribution >= 4 is 23.1 Å². The predicted molar refractivity (Wildman–Crippen MR) is 100 cm³/mol. The summed E-state index contributed by atoms with van der Waals surface area (Å²) in [4.78, 5) is 26.9. The predicted octanol–water partition coefficient (Wildman–Crippen LogP) is 3.82. The molecular formula is C21H22N2O2. The molecule has 0 fully saturated rings. The number of hydrogen-bond donors (Lipinski definition) is 1. The molecule has 128 valence electrons. The van der Waals surface area contributed by atoms with E-state index in [0.29, 0.717) is 17.8 Å². The molecule has 4 nitrogen and oxygen atoms in total. The second-order valence-corrected chi connectivity index (χ2v) is 6.34. The molecule has 0 unspecified atom stereocenters. The number of carbonyl (C=O) groups excluding carboxylic acids is 2. The van der Waals surface area contributed by atoms with Crippen LogP contribution in [-0.2, 0) is 9.59 Å². The third-order valence-corrected chi connectivity index (χ3v) is 4.69. The van der Waals surface area contributed by atoms with Gasteiger partial charge in [0, 0.05) is 12.2 Å². The average molecular weight is 334 g/mol. The van der Waals surface area contributed by atoms with Crippen molar-refractivity contribution in [1.82, 2.24) is 4.90 Å². The van der Waals surface area contributed by atoms with Gasteiger partial charge in [0.1, 0.15) is 5.70 Å². The first-order valence-corrected chi connectivity index (χ1v) is 8.44. The van der Waals surface area contributed by atoms with Crippen molar-refractivity contribution < 1.29 is 9.59 Å². The summed E-state index contributed by atoms with van der Waals surface area (Å²) in [6, 6.07) is 13.6. The molecule has 0 atom stereocenters. The van der Waals surface area contributed by atoms with Gasteiger partial charge < -0.3 is 5.32 Å². The smallest absolute Gasteiger partial charge is 0.278 e. The minimum Gasteiger partial charge on any atom is -0.350 e. The van der Waals surface area contributed by atoms with Gasteiger partial charge in [-0.3, -0.25) is 14.5 Å². The Morgan fingerprint density at radius 2 is 1.60 bits per heavy atom. The highest BCUT2D eigenvalue weighted by Crippen LogP contribution is 2.31. The van der Waals surface area contributed by atoms with E-state index >= 15 is 0 Å². The Kier molecular flexibility index (Phi) is 4.45. The molecule has 0 aromatic heterocycles. The molecule has 3 rings (SSSR count). The van der Waals surface area contributed by atoms with Crippen molar-refractivity contribution in [2.45, 2.75) is 27.7 Å². The van der Waals surface area contributed by atoms with Crippen LogP contribution in [0.25, 0.3) is 5.57 Å². The number of likely N-dealkylation sites (N-methyl/N-ethyl adjacent to an activating group) is 1. The Labute approximate surface area is 148 Å². The van der Waals surface area contributed by atoms with Gasteiger partial charge in [-0.05, 0) is 50.5 Å². The van der Waals surface area contributed by atoms with Gasteiger partial charge in [-0.15, -0.1) is 0 Å². The number of anilines is 1. The largest absolute Gasteiger partial charge is 0.350 e. The Balaban J connectivity index is 2.12. The van der Waals surface area contributed by atoms with Crippen molar-refractivity contribution in [3.63, 3.8) is 0 Å². The summed E-state index contributed by atoms with van der Waals surface area (Å²) in [7, 11) is 0. The fraction of sp³-hybridized carbons (Fsp3) is 0.238. The van der Waals surface area contributed by atoms with Crippen LogP contribution in [-0.4, -0.2) is 23.3 Å². The average Bonchev–Trinajstić information content (AvgIpc) is 2.83. The number of hydrogen-bond acceptors (Lipinski definition) is 3. The zero-order valence-electron chi connectivity index (χ0n) is 15.0. The second kappa shape index (κ2) is 6.55. The first-order valence-electron chi connectivity index (χ1n) is 8.44. The van der Waals surface area contributed by atoms with Gasteiger partial charge in [0.2, 0.25) is 0 Å². The maximum Gasteiger partial charge on any atom is 0.278 e. The van der Waals surface area contributed by atoms with Gasteiger partial charge in [0.15, 0.2) is 0 Å². The summed E-state index contributed by atoms with van der Waals surface area (Å²) < 4.78 is 0. The monoisotopic (exact) mass is 334 g/mol. The highest BCUT2D eigenvalue weighted by Gasteiger charge is 2.38. The van der Waals surface area contributed by atoms with E-state index in [9.17, 15) is 9.59 Å². The number of nitrogens with one attached hydrogen (secondary N) is 1. The maximum atomic E-state index is 12.8. The highest BCUT2D eigenvalue weighted by molar-refractivity contribution is 6.36. The molecule has 2 aromatic rings. The summed E-state index contributed by atoms with van der Waals surface area (Å²) in [6.07, 6.45) is 0. The van der Waals surface area contributed by atoms with Crippen LogP contribution in [0.2, 0.25) is 0 Å². The van der Waals surface area contributed by atoms with E-state index in [1.165, 1.54) is 4.90 Å². The summed E-state index contributed by atoms with van der Waals surface area (Å²) >= 11 is 0. The third kappa shape index (κ3) is 2.95. The minimum absolute atomic E-state index is 0.246. The van der Waals surface area contributed by atoms with E-state index in [0.717, 1.165) is 27.9 Å². The number of amides is 2. The topological polar surface area (TPSA) is 49.4 Å². The Hall–Kier alpha value is -2.88. The normalized spacial score (nSPS) is 14.5. The molecule has 0 aliphatic carbocycles. The number of aryl methyl sites for hydroxylation is 2. The minimum atomic E-state index is -0.274. The summed E-state index contributed by atoms with van der Waals surface area (Å²) in [5.41, 5.74) is 5.70. The first-order chi connectivity index (χ1) is 11.9. The summed E-state index contributed by atoms with van der Waals surface area (Å²) in [5.74, 6) is -0.520. The van der Waals surface area contributed by atoms with E-state index in [1.807, 2.05) is 70.2 Å². The molecule has 2 amide bonds. The van der Waals surface area contributed by atoms with Gasteiger partial charge in [0.25, 0.3) is 11.8 Å². The molecule has 4 heteroatoms. The van der Waals surface area contributed by atoms with Crippen molar-refractivity contribution in [2.75, 3.05) is 11.9 Å². The van der Waals surface area contributed by atoms with Crippen LogP contribution < -0.4 is 5.32 Å². The first kappa shape index (κ1) is 17.0. The Bertz CT molecular complexity index is 879. The van der Waals surface area contributed by atoms with Crippen molar-refractivity contribution in [3.05, 3.63) is 70.4 Å². The van der Waals surface area contributed by atoms with Gasteiger partial charge >= 0.3 is 0 Å². The van der Waals surface area contributed by atoms with Crippen LogP contribution in [0.3, 0.4) is 0 Å². The SMILES string of the molecule is CCN1C(=O)C(Nc2cccc(C)c2C)=C(c2ccc(C)cc2)C1=O. The molecule has 0 radical (unpaired) electrons. The lowest BCUT2D eigenvalue weighted by Crippen LogP contribution is -2.32. The van der Waals surface area contributed by atoms with E-state index in [2.05, 4.69) is 5.32 Å². The molecule has 1 N–H and O–H groups in total. The van der Waals surface area contributed by atoms with Crippen molar-refractivity contribution in [3.8, 4) is 0 Å². The molecule has 1 aliphatic heterocycles. The van der Waals surface area contributed by atoms with Crippen LogP contribution in [0.1, 0.15) is 29.2 Å². The van der Waals surface area contributed by atoms with Crippen molar-refractivity contribution in [1.29, 1.82) is 0 Å². The van der Waals surface area contributed by atoms with Gasteiger partial charge in [-0.25, -0.2) is 0 Å². The fourth-order valence-electron chi connectivity index (χ4n) is 2.99. The number of imide groups is 1. The highest BCUT2D eigenvalue weighted by atomic mass is 16.2. The lowest BCUT2D eigenvalue weighted by Gasteiger charge is -2.14. The lowest BCUT2D eigenvalue weighted by molar-refractivity contribution is -0.136. The Morgan fingerprint density at radius 3 is 2.24 bits per heavy atom. The van der Waals surface area contributed by atoms with Gasteiger partial charge in [0.05, 0.1) is 5.57 Å². The van der Waals surface area contributed by atoms with E-state index in [1.54, 1.807) is 0 Å². The van der Waals surface area contributed by atoms with Crippen LogP contribution in [0.5, 0.6) is 0 Å². The van der Waals surface area contributed by atoms with Gasteiger partial charge in [-0.2, -0.15) is 0 Å². The molecule has 2 aromatic carbocycles. The number of rotatable bonds is 4. The quantitative estimate of drug-likeness (QED) is 0.865. The zero-order chi connectivity index (χ0) is 18.1. The summed E-state index contributed by atoms with van der Waals surface area (Å²) in [5, 5.41) is 3.23. The number of carbonyl (C=O) groups is 2. The molecule has 25 heavy (non-hydrogen) atoms. The van der Waals surface area contributed by atoms with Crippen LogP contribution in [0.4, 0.5) is 5.69 Å². The van der Waals surface area contributed by atoms with E-state index in [-0.39, 0.29) is 11.8 Å². The molecule has 1 heterocycles. The van der Waals surface area contributed by atoms with Crippen LogP contribution in [0.15, 0.2) is 48.2 Å². The molecular weight excluding hydrogens is 312 g/mol. The zero-order valence-corrected chi connectivity index (χ0v) is 15.0. The summed E-state index contributed by atoms with van der Waals surface area (Å²) in [6.45, 7) is 8.18. The second-order valence-electron chi connectivity index (χ2n) is 6.34. The molecule has 0 spiro atoms. The van der Waals surface area contributed by atoms with E-state index < -0.39 is 0 Å². The fourth-order valence-corrected chi connectivity index (χ4v) is 2.99. The molecule has 0 saturated heterocycles. The van der Waals surface area contributed by atoms with Crippen LogP contribution >= 0.6 is 0 Å². The van der Waals surface area contributed by atoms with E-state index in [4.69, 9.17) is 0 Å². The standard InChI is InChI=1S/C21H22N2O2/c1-5-23-20(24)18(16-11-9-13(2)10-12-16)19(21(23)25)22-17-8-6-7-14(3)15(17)4/h6-12,22H,5H2,1-4H3. The lowest BCUT2D eigenvalue weighted by atomic mass is 10.0.